The minimum atomic E-state index is -0.185. The summed E-state index contributed by atoms with van der Waals surface area (Å²) >= 11 is 0. The summed E-state index contributed by atoms with van der Waals surface area (Å²) in [5.74, 6) is 0. The Hall–Kier alpha value is -1.55. The van der Waals surface area contributed by atoms with Crippen LogP contribution in [0.15, 0.2) is 30.3 Å². The number of amides is 2. The Kier molecular flexibility index (Phi) is 5.41. The van der Waals surface area contributed by atoms with E-state index < -0.39 is 0 Å². The molecule has 4 nitrogen and oxygen atoms in total. The van der Waals surface area contributed by atoms with Gasteiger partial charge in [0, 0.05) is 19.1 Å². The van der Waals surface area contributed by atoms with Crippen molar-refractivity contribution in [2.75, 3.05) is 6.54 Å². The third kappa shape index (κ3) is 4.23. The summed E-state index contributed by atoms with van der Waals surface area (Å²) in [7, 11) is 0. The Labute approximate surface area is 120 Å². The third-order valence-corrected chi connectivity index (χ3v) is 3.91. The predicted octanol–water partition coefficient (Wildman–Crippen LogP) is 2.52. The molecule has 1 aromatic rings. The Morgan fingerprint density at radius 2 is 1.90 bits per heavy atom. The van der Waals surface area contributed by atoms with Crippen molar-refractivity contribution >= 4 is 6.03 Å². The van der Waals surface area contributed by atoms with Crippen molar-refractivity contribution in [3.05, 3.63) is 35.9 Å². The number of nitrogens with one attached hydrogen (secondary N) is 1. The number of hydrogen-bond acceptors (Lipinski definition) is 2. The third-order valence-electron chi connectivity index (χ3n) is 3.91. The summed E-state index contributed by atoms with van der Waals surface area (Å²) in [4.78, 5) is 14.1. The van der Waals surface area contributed by atoms with E-state index in [-0.39, 0.29) is 18.2 Å². The molecule has 110 valence electrons. The highest BCUT2D eigenvalue weighted by molar-refractivity contribution is 5.74. The number of urea groups is 1. The number of nitrogens with zero attached hydrogens (tertiary/aromatic N) is 1. The van der Waals surface area contributed by atoms with Crippen LogP contribution in [0.25, 0.3) is 0 Å². The second-order valence-electron chi connectivity index (χ2n) is 5.45. The van der Waals surface area contributed by atoms with E-state index in [4.69, 9.17) is 0 Å². The molecule has 0 saturated heterocycles. The van der Waals surface area contributed by atoms with Gasteiger partial charge >= 0.3 is 6.03 Å². The fourth-order valence-corrected chi connectivity index (χ4v) is 2.62. The van der Waals surface area contributed by atoms with Crippen LogP contribution in [0.5, 0.6) is 0 Å². The first-order valence-corrected chi connectivity index (χ1v) is 7.46. The van der Waals surface area contributed by atoms with Gasteiger partial charge in [-0.15, -0.1) is 0 Å². The van der Waals surface area contributed by atoms with Crippen LogP contribution < -0.4 is 5.32 Å². The molecule has 1 aromatic carbocycles. The number of hydrogen-bond donors (Lipinski definition) is 2. The highest BCUT2D eigenvalue weighted by atomic mass is 16.3. The molecule has 0 atom stereocenters. The molecule has 0 aliphatic heterocycles. The van der Waals surface area contributed by atoms with Crippen molar-refractivity contribution < 1.29 is 9.90 Å². The molecule has 1 saturated carbocycles. The molecule has 0 radical (unpaired) electrons. The number of rotatable bonds is 4. The van der Waals surface area contributed by atoms with Gasteiger partial charge in [0.15, 0.2) is 0 Å². The fraction of sp³-hybridized carbons (Fsp3) is 0.562. The second-order valence-corrected chi connectivity index (χ2v) is 5.45. The Morgan fingerprint density at radius 3 is 2.50 bits per heavy atom. The molecule has 20 heavy (non-hydrogen) atoms. The van der Waals surface area contributed by atoms with E-state index >= 15 is 0 Å². The SMILES string of the molecule is CCN(Cc1ccccc1)C(=O)NC1CCC(O)CC1. The van der Waals surface area contributed by atoms with Crippen molar-refractivity contribution in [1.82, 2.24) is 10.2 Å². The molecule has 2 rings (SSSR count). The lowest BCUT2D eigenvalue weighted by Crippen LogP contribution is -2.46. The summed E-state index contributed by atoms with van der Waals surface area (Å²) in [6.45, 7) is 3.32. The van der Waals surface area contributed by atoms with E-state index in [0.29, 0.717) is 13.1 Å². The van der Waals surface area contributed by atoms with Crippen molar-refractivity contribution in [2.24, 2.45) is 0 Å². The number of carbonyl (C=O) groups is 1. The zero-order valence-electron chi connectivity index (χ0n) is 12.1. The van der Waals surface area contributed by atoms with Gasteiger partial charge in [-0.05, 0) is 38.2 Å². The fourth-order valence-electron chi connectivity index (χ4n) is 2.62. The first kappa shape index (κ1) is 14.9. The number of benzene rings is 1. The topological polar surface area (TPSA) is 52.6 Å². The number of aliphatic hydroxyl groups is 1. The van der Waals surface area contributed by atoms with Crippen LogP contribution in [0.2, 0.25) is 0 Å². The zero-order valence-corrected chi connectivity index (χ0v) is 12.1. The molecule has 4 heteroatoms. The van der Waals surface area contributed by atoms with E-state index in [9.17, 15) is 9.90 Å². The molecular weight excluding hydrogens is 252 g/mol. The maximum Gasteiger partial charge on any atom is 0.317 e. The number of carbonyl (C=O) groups excluding carboxylic acids is 1. The average Bonchev–Trinajstić information content (AvgIpc) is 2.48. The van der Waals surface area contributed by atoms with Crippen molar-refractivity contribution in [3.8, 4) is 0 Å². The Bertz CT molecular complexity index is 414. The normalized spacial score (nSPS) is 22.3. The van der Waals surface area contributed by atoms with Gasteiger partial charge < -0.3 is 15.3 Å². The first-order valence-electron chi connectivity index (χ1n) is 7.46. The van der Waals surface area contributed by atoms with Gasteiger partial charge in [0.2, 0.25) is 0 Å². The Balaban J connectivity index is 1.86. The van der Waals surface area contributed by atoms with E-state index in [1.165, 1.54) is 0 Å². The standard InChI is InChI=1S/C16H24N2O2/c1-2-18(12-13-6-4-3-5-7-13)16(20)17-14-8-10-15(19)11-9-14/h3-7,14-15,19H,2,8-12H2,1H3,(H,17,20). The lowest BCUT2D eigenvalue weighted by molar-refractivity contribution is 0.115. The van der Waals surface area contributed by atoms with Crippen molar-refractivity contribution in [3.63, 3.8) is 0 Å². The quantitative estimate of drug-likeness (QED) is 0.888. The maximum absolute atomic E-state index is 12.3. The van der Waals surface area contributed by atoms with Gasteiger partial charge in [-0.1, -0.05) is 30.3 Å². The van der Waals surface area contributed by atoms with Crippen LogP contribution in [-0.2, 0) is 6.54 Å². The summed E-state index contributed by atoms with van der Waals surface area (Å²) in [5.41, 5.74) is 1.14. The predicted molar refractivity (Wildman–Crippen MR) is 79.3 cm³/mol. The Morgan fingerprint density at radius 1 is 1.25 bits per heavy atom. The molecule has 1 aliphatic rings. The molecule has 0 aromatic heterocycles. The van der Waals surface area contributed by atoms with Crippen molar-refractivity contribution in [2.45, 2.75) is 51.3 Å². The highest BCUT2D eigenvalue weighted by Crippen LogP contribution is 2.18. The largest absolute Gasteiger partial charge is 0.393 e. The zero-order chi connectivity index (χ0) is 14.4. The summed E-state index contributed by atoms with van der Waals surface area (Å²) in [6, 6.07) is 10.2. The molecule has 0 heterocycles. The van der Waals surface area contributed by atoms with E-state index in [0.717, 1.165) is 31.2 Å². The second kappa shape index (κ2) is 7.29. The van der Waals surface area contributed by atoms with Gasteiger partial charge in [-0.3, -0.25) is 0 Å². The van der Waals surface area contributed by atoms with Crippen LogP contribution in [0, 0.1) is 0 Å². The van der Waals surface area contributed by atoms with E-state index in [2.05, 4.69) is 5.32 Å². The monoisotopic (exact) mass is 276 g/mol. The molecule has 2 N–H and O–H groups in total. The van der Waals surface area contributed by atoms with Crippen LogP contribution >= 0.6 is 0 Å². The molecule has 1 fully saturated rings. The maximum atomic E-state index is 12.3. The number of aliphatic hydroxyl groups excluding tert-OH is 1. The summed E-state index contributed by atoms with van der Waals surface area (Å²) < 4.78 is 0. The van der Waals surface area contributed by atoms with Gasteiger partial charge in [0.05, 0.1) is 6.10 Å². The van der Waals surface area contributed by atoms with E-state index in [1.807, 2.05) is 42.2 Å². The minimum Gasteiger partial charge on any atom is -0.393 e. The lowest BCUT2D eigenvalue weighted by Gasteiger charge is -2.29. The van der Waals surface area contributed by atoms with Gasteiger partial charge in [-0.25, -0.2) is 4.79 Å². The lowest BCUT2D eigenvalue weighted by atomic mass is 9.93. The molecular formula is C16H24N2O2. The van der Waals surface area contributed by atoms with E-state index in [1.54, 1.807) is 0 Å². The van der Waals surface area contributed by atoms with Crippen LogP contribution in [0.4, 0.5) is 4.79 Å². The molecule has 0 spiro atoms. The molecule has 0 bridgehead atoms. The molecule has 0 unspecified atom stereocenters. The van der Waals surface area contributed by atoms with Gasteiger partial charge in [0.25, 0.3) is 0 Å². The van der Waals surface area contributed by atoms with Gasteiger partial charge in [0.1, 0.15) is 0 Å². The summed E-state index contributed by atoms with van der Waals surface area (Å²) in [6.07, 6.45) is 3.13. The molecule has 1 aliphatic carbocycles. The van der Waals surface area contributed by atoms with Crippen LogP contribution in [-0.4, -0.2) is 34.7 Å². The summed E-state index contributed by atoms with van der Waals surface area (Å²) in [5, 5.41) is 12.6. The van der Waals surface area contributed by atoms with Crippen LogP contribution in [0.3, 0.4) is 0 Å². The minimum absolute atomic E-state index is 0.00209. The average molecular weight is 276 g/mol. The van der Waals surface area contributed by atoms with Crippen LogP contribution in [0.1, 0.15) is 38.2 Å². The highest BCUT2D eigenvalue weighted by Gasteiger charge is 2.22. The van der Waals surface area contributed by atoms with Gasteiger partial charge in [-0.2, -0.15) is 0 Å². The van der Waals surface area contributed by atoms with Crippen molar-refractivity contribution in [1.29, 1.82) is 0 Å². The first-order chi connectivity index (χ1) is 9.69. The molecule has 2 amide bonds. The smallest absolute Gasteiger partial charge is 0.317 e.